The number of carbonyl (C=O) groups excluding carboxylic acids is 7. The van der Waals surface area contributed by atoms with E-state index in [1.807, 2.05) is 20.8 Å². The molecule has 6 atom stereocenters. The van der Waals surface area contributed by atoms with Gasteiger partial charge in [0.15, 0.2) is 36.1 Å². The second-order valence-corrected chi connectivity index (χ2v) is 12.7. The minimum absolute atomic E-state index is 0.0187. The third-order valence-corrected chi connectivity index (χ3v) is 7.93. The number of hydrogen-bond donors (Lipinski definition) is 0. The van der Waals surface area contributed by atoms with Gasteiger partial charge in [0.2, 0.25) is 5.75 Å². The maximum absolute atomic E-state index is 13.5. The molecule has 1 heterocycles. The molecule has 1 aromatic carbocycles. The lowest BCUT2D eigenvalue weighted by molar-refractivity contribution is -0.332. The largest absolute Gasteiger partial charge is 0.459 e. The first kappa shape index (κ1) is 40.6. The van der Waals surface area contributed by atoms with E-state index in [1.54, 1.807) is 0 Å². The summed E-state index contributed by atoms with van der Waals surface area (Å²) in [6, 6.07) is 2.04. The van der Waals surface area contributed by atoms with Gasteiger partial charge in [0.05, 0.1) is 11.2 Å². The van der Waals surface area contributed by atoms with Gasteiger partial charge in [-0.15, -0.1) is 0 Å². The highest BCUT2D eigenvalue weighted by Crippen LogP contribution is 2.41. The molecule has 2 aliphatic rings. The van der Waals surface area contributed by atoms with E-state index in [2.05, 4.69) is 6.08 Å². The number of ether oxygens (including phenoxy) is 9. The van der Waals surface area contributed by atoms with Crippen molar-refractivity contribution in [3.05, 3.63) is 29.3 Å². The van der Waals surface area contributed by atoms with E-state index in [1.165, 1.54) is 5.57 Å². The molecule has 1 saturated heterocycles. The Morgan fingerprint density at radius 2 is 1.24 bits per heavy atom. The lowest BCUT2D eigenvalue weighted by Gasteiger charge is -2.47. The number of rotatable bonds is 12. The minimum Gasteiger partial charge on any atom is -0.459 e. The first-order valence-electron chi connectivity index (χ1n) is 16.2. The highest BCUT2D eigenvalue weighted by atomic mass is 16.7. The van der Waals surface area contributed by atoms with E-state index >= 15 is 0 Å². The predicted octanol–water partition coefficient (Wildman–Crippen LogP) is 3.68. The smallest absolute Gasteiger partial charge is 0.338 e. The topological polar surface area (TPSA) is 203 Å². The molecular weight excluding hydrogens is 676 g/mol. The first-order valence-corrected chi connectivity index (χ1v) is 16.2. The van der Waals surface area contributed by atoms with Gasteiger partial charge in [0, 0.05) is 41.5 Å². The maximum Gasteiger partial charge on any atom is 0.338 e. The third-order valence-electron chi connectivity index (χ3n) is 7.93. The number of hydrogen-bond acceptors (Lipinski definition) is 16. The monoisotopic (exact) mass is 720 g/mol. The first-order chi connectivity index (χ1) is 23.8. The average molecular weight is 721 g/mol. The second kappa shape index (κ2) is 17.4. The summed E-state index contributed by atoms with van der Waals surface area (Å²) in [5.74, 6) is -7.30. The van der Waals surface area contributed by atoms with Gasteiger partial charge < -0.3 is 42.6 Å². The molecular formula is C35H44O16. The summed E-state index contributed by atoms with van der Waals surface area (Å²) in [5.41, 5.74) is 0.0541. The maximum atomic E-state index is 13.5. The molecule has 280 valence electrons. The van der Waals surface area contributed by atoms with Crippen molar-refractivity contribution in [3.8, 4) is 17.2 Å². The van der Waals surface area contributed by atoms with E-state index in [0.29, 0.717) is 6.42 Å². The molecule has 1 aliphatic heterocycles. The molecule has 0 spiro atoms. The van der Waals surface area contributed by atoms with Gasteiger partial charge in [-0.25, -0.2) is 4.79 Å². The summed E-state index contributed by atoms with van der Waals surface area (Å²) >= 11 is 0. The van der Waals surface area contributed by atoms with Gasteiger partial charge in [-0.2, -0.15) is 0 Å². The Morgan fingerprint density at radius 3 is 1.71 bits per heavy atom. The average Bonchev–Trinajstić information content (AvgIpc) is 2.99. The zero-order chi connectivity index (χ0) is 38.2. The van der Waals surface area contributed by atoms with Crippen molar-refractivity contribution in [2.75, 3.05) is 6.61 Å². The van der Waals surface area contributed by atoms with Crippen molar-refractivity contribution in [1.82, 2.24) is 0 Å². The van der Waals surface area contributed by atoms with Crippen LogP contribution in [0.4, 0.5) is 0 Å². The summed E-state index contributed by atoms with van der Waals surface area (Å²) in [4.78, 5) is 85.8. The predicted molar refractivity (Wildman–Crippen MR) is 172 cm³/mol. The SMILES string of the molecule is CC(=O)Oc1cc(C(=O)OC[C@H]2O[C@@H](OC(C)(C)[C@@H]3CC=C(C)CC3)[C@H](OC(C)=O)[C@@H](OC(C)=O)[C@@H]2OC(C)=O)cc(OC(C)=O)c1OC(C)=O. The normalized spacial score (nSPS) is 23.1. The molecule has 1 aliphatic carbocycles. The van der Waals surface area contributed by atoms with Crippen LogP contribution in [-0.2, 0) is 57.2 Å². The molecule has 16 nitrogen and oxygen atoms in total. The quantitative estimate of drug-likeness (QED) is 0.131. The van der Waals surface area contributed by atoms with Crippen LogP contribution in [0.2, 0.25) is 0 Å². The molecule has 51 heavy (non-hydrogen) atoms. The van der Waals surface area contributed by atoms with Crippen molar-refractivity contribution in [2.45, 2.75) is 118 Å². The lowest BCUT2D eigenvalue weighted by atomic mass is 9.79. The Balaban J connectivity index is 2.02. The number of esters is 7. The van der Waals surface area contributed by atoms with Gasteiger partial charge in [0.1, 0.15) is 12.7 Å². The van der Waals surface area contributed by atoms with E-state index < -0.39 is 102 Å². The number of allylic oxidation sites excluding steroid dienone is 2. The Bertz CT molecular complexity index is 1520. The van der Waals surface area contributed by atoms with Crippen molar-refractivity contribution in [1.29, 1.82) is 0 Å². The van der Waals surface area contributed by atoms with Crippen LogP contribution in [0.25, 0.3) is 0 Å². The fraction of sp³-hybridized carbons (Fsp3) is 0.571. The second-order valence-electron chi connectivity index (χ2n) is 12.7. The molecule has 0 N–H and O–H groups in total. The highest BCUT2D eigenvalue weighted by Gasteiger charge is 2.54. The van der Waals surface area contributed by atoms with E-state index in [-0.39, 0.29) is 11.5 Å². The van der Waals surface area contributed by atoms with Crippen LogP contribution in [-0.4, -0.2) is 84.7 Å². The zero-order valence-electron chi connectivity index (χ0n) is 30.1. The van der Waals surface area contributed by atoms with Gasteiger partial charge in [0.25, 0.3) is 0 Å². The molecule has 0 amide bonds. The molecule has 1 aromatic rings. The molecule has 3 rings (SSSR count). The van der Waals surface area contributed by atoms with Crippen LogP contribution in [0, 0.1) is 5.92 Å². The van der Waals surface area contributed by atoms with Gasteiger partial charge in [-0.1, -0.05) is 11.6 Å². The van der Waals surface area contributed by atoms with Crippen LogP contribution in [0.5, 0.6) is 17.2 Å². The van der Waals surface area contributed by atoms with Crippen molar-refractivity contribution in [2.24, 2.45) is 5.92 Å². The minimum atomic E-state index is -1.47. The molecule has 1 fully saturated rings. The Hall–Kier alpha value is -4.83. The molecule has 0 saturated carbocycles. The van der Waals surface area contributed by atoms with Gasteiger partial charge >= 0.3 is 41.8 Å². The Kier molecular flexibility index (Phi) is 13.8. The Morgan fingerprint density at radius 1 is 0.725 bits per heavy atom. The Labute approximate surface area is 294 Å². The summed E-state index contributed by atoms with van der Waals surface area (Å²) in [5, 5.41) is 0. The van der Waals surface area contributed by atoms with Gasteiger partial charge in [-0.05, 0) is 58.1 Å². The van der Waals surface area contributed by atoms with E-state index in [9.17, 15) is 33.6 Å². The summed E-state index contributed by atoms with van der Waals surface area (Å²) in [6.07, 6.45) is -2.63. The van der Waals surface area contributed by atoms with E-state index in [0.717, 1.165) is 66.5 Å². The molecule has 0 radical (unpaired) electrons. The molecule has 0 bridgehead atoms. The van der Waals surface area contributed by atoms with Crippen LogP contribution >= 0.6 is 0 Å². The summed E-state index contributed by atoms with van der Waals surface area (Å²) < 4.78 is 50.2. The molecule has 0 unspecified atom stereocenters. The number of benzene rings is 1. The summed E-state index contributed by atoms with van der Waals surface area (Å²) in [6.45, 7) is 11.6. The van der Waals surface area contributed by atoms with Gasteiger partial charge in [-0.3, -0.25) is 28.8 Å². The molecule has 16 heteroatoms. The third kappa shape index (κ3) is 11.6. The van der Waals surface area contributed by atoms with Crippen molar-refractivity contribution < 1.29 is 76.2 Å². The van der Waals surface area contributed by atoms with Crippen LogP contribution in [0.1, 0.15) is 91.9 Å². The summed E-state index contributed by atoms with van der Waals surface area (Å²) in [7, 11) is 0. The van der Waals surface area contributed by atoms with Crippen LogP contribution in [0.3, 0.4) is 0 Å². The fourth-order valence-electron chi connectivity index (χ4n) is 5.72. The standard InChI is InChI=1S/C35H44O16/c1-17-10-12-25(13-11-17)35(8,9)51-34-32(49-23(7)41)31(48-22(6)40)30(47-21(5)39)28(50-34)16-43-33(42)24-14-26(44-18(2)36)29(46-20(4)38)27(15-24)45-19(3)37/h10,14-15,25,28,30-32,34H,11-13,16H2,1-9H3/t25-,28-,30-,31+,32-,34+/m1/s1. The van der Waals surface area contributed by atoms with E-state index in [4.69, 9.17) is 42.6 Å². The van der Waals surface area contributed by atoms with Crippen LogP contribution < -0.4 is 14.2 Å². The highest BCUT2D eigenvalue weighted by molar-refractivity contribution is 5.92. The zero-order valence-corrected chi connectivity index (χ0v) is 30.1. The van der Waals surface area contributed by atoms with Crippen LogP contribution in [0.15, 0.2) is 23.8 Å². The number of carbonyl (C=O) groups is 7. The van der Waals surface area contributed by atoms with Crippen molar-refractivity contribution in [3.63, 3.8) is 0 Å². The molecule has 0 aromatic heterocycles. The fourth-order valence-corrected chi connectivity index (χ4v) is 5.72. The lowest BCUT2D eigenvalue weighted by Crippen LogP contribution is -2.64. The van der Waals surface area contributed by atoms with Crippen molar-refractivity contribution >= 4 is 41.8 Å².